The topological polar surface area (TPSA) is 29.5 Å². The van der Waals surface area contributed by atoms with Gasteiger partial charge in [0.15, 0.2) is 0 Å². The van der Waals surface area contributed by atoms with Gasteiger partial charge < -0.3 is 9.84 Å². The highest BCUT2D eigenvalue weighted by Crippen LogP contribution is 2.28. The second-order valence-corrected chi connectivity index (χ2v) is 5.28. The SMILES string of the molecule is CCCCCCCCC(O)C(CC)(CC)OCC. The summed E-state index contributed by atoms with van der Waals surface area (Å²) >= 11 is 0. The number of aliphatic hydroxyl groups is 1. The van der Waals surface area contributed by atoms with E-state index in [4.69, 9.17) is 4.74 Å². The predicted molar refractivity (Wildman–Crippen MR) is 78.9 cm³/mol. The van der Waals surface area contributed by atoms with E-state index in [1.54, 1.807) is 0 Å². The first kappa shape index (κ1) is 17.9. The second-order valence-electron chi connectivity index (χ2n) is 5.28. The Morgan fingerprint density at radius 1 is 0.889 bits per heavy atom. The van der Waals surface area contributed by atoms with Crippen LogP contribution < -0.4 is 0 Å². The Balaban J connectivity index is 3.92. The number of unbranched alkanes of at least 4 members (excludes halogenated alkanes) is 5. The molecular weight excluding hydrogens is 224 g/mol. The molecule has 2 heteroatoms. The van der Waals surface area contributed by atoms with Crippen LogP contribution in [0, 0.1) is 0 Å². The van der Waals surface area contributed by atoms with E-state index in [2.05, 4.69) is 20.8 Å². The van der Waals surface area contributed by atoms with E-state index in [-0.39, 0.29) is 11.7 Å². The summed E-state index contributed by atoms with van der Waals surface area (Å²) in [5.74, 6) is 0. The monoisotopic (exact) mass is 258 g/mol. The molecule has 0 amide bonds. The Bertz CT molecular complexity index is 176. The fourth-order valence-electron chi connectivity index (χ4n) is 2.69. The van der Waals surface area contributed by atoms with Gasteiger partial charge >= 0.3 is 0 Å². The number of aliphatic hydroxyl groups excluding tert-OH is 1. The van der Waals surface area contributed by atoms with E-state index >= 15 is 0 Å². The van der Waals surface area contributed by atoms with Crippen LogP contribution in [-0.4, -0.2) is 23.4 Å². The van der Waals surface area contributed by atoms with Gasteiger partial charge in [-0.25, -0.2) is 0 Å². The third kappa shape index (κ3) is 6.19. The number of hydrogen-bond donors (Lipinski definition) is 1. The Morgan fingerprint density at radius 2 is 1.44 bits per heavy atom. The zero-order valence-corrected chi connectivity index (χ0v) is 13.0. The lowest BCUT2D eigenvalue weighted by atomic mass is 9.87. The first-order valence-electron chi connectivity index (χ1n) is 7.98. The van der Waals surface area contributed by atoms with Gasteiger partial charge in [-0.05, 0) is 26.2 Å². The molecule has 0 spiro atoms. The van der Waals surface area contributed by atoms with Gasteiger partial charge in [0.25, 0.3) is 0 Å². The first-order chi connectivity index (χ1) is 8.66. The summed E-state index contributed by atoms with van der Waals surface area (Å²) in [6, 6.07) is 0. The Kier molecular flexibility index (Phi) is 10.8. The van der Waals surface area contributed by atoms with Gasteiger partial charge in [-0.3, -0.25) is 0 Å². The first-order valence-corrected chi connectivity index (χ1v) is 7.98. The molecule has 1 N–H and O–H groups in total. The lowest BCUT2D eigenvalue weighted by Gasteiger charge is -2.36. The minimum atomic E-state index is -0.307. The van der Waals surface area contributed by atoms with Crippen molar-refractivity contribution in [3.05, 3.63) is 0 Å². The number of hydrogen-bond acceptors (Lipinski definition) is 2. The molecule has 1 unspecified atom stereocenters. The zero-order chi connectivity index (χ0) is 13.9. The van der Waals surface area contributed by atoms with Crippen molar-refractivity contribution < 1.29 is 9.84 Å². The third-order valence-corrected chi connectivity index (χ3v) is 4.07. The summed E-state index contributed by atoms with van der Waals surface area (Å²) in [6.45, 7) is 9.17. The minimum absolute atomic E-state index is 0.307. The minimum Gasteiger partial charge on any atom is -0.390 e. The molecule has 0 saturated heterocycles. The van der Waals surface area contributed by atoms with Crippen LogP contribution in [0.15, 0.2) is 0 Å². The molecule has 0 aliphatic heterocycles. The largest absolute Gasteiger partial charge is 0.390 e. The summed E-state index contributed by atoms with van der Waals surface area (Å²) in [7, 11) is 0. The molecule has 0 aliphatic rings. The zero-order valence-electron chi connectivity index (χ0n) is 13.0. The maximum absolute atomic E-state index is 10.4. The van der Waals surface area contributed by atoms with Crippen molar-refractivity contribution >= 4 is 0 Å². The quantitative estimate of drug-likeness (QED) is 0.514. The van der Waals surface area contributed by atoms with Crippen molar-refractivity contribution in [3.8, 4) is 0 Å². The summed E-state index contributed by atoms with van der Waals surface area (Å²) in [5, 5.41) is 10.4. The fraction of sp³-hybridized carbons (Fsp3) is 1.00. The van der Waals surface area contributed by atoms with Crippen LogP contribution in [-0.2, 0) is 4.74 Å². The van der Waals surface area contributed by atoms with Crippen molar-refractivity contribution in [2.75, 3.05) is 6.61 Å². The average Bonchev–Trinajstić information content (AvgIpc) is 2.40. The van der Waals surface area contributed by atoms with Gasteiger partial charge in [-0.2, -0.15) is 0 Å². The molecule has 110 valence electrons. The normalized spacial score (nSPS) is 13.8. The molecule has 0 rings (SSSR count). The van der Waals surface area contributed by atoms with Crippen molar-refractivity contribution in [2.45, 2.75) is 97.2 Å². The van der Waals surface area contributed by atoms with Crippen molar-refractivity contribution in [1.82, 2.24) is 0 Å². The molecule has 18 heavy (non-hydrogen) atoms. The van der Waals surface area contributed by atoms with Crippen LogP contribution in [0.2, 0.25) is 0 Å². The standard InChI is InChI=1S/C16H34O2/c1-5-9-10-11-12-13-14-15(17)16(6-2,7-3)18-8-4/h15,17H,5-14H2,1-4H3. The van der Waals surface area contributed by atoms with E-state index in [0.717, 1.165) is 25.7 Å². The Morgan fingerprint density at radius 3 is 1.94 bits per heavy atom. The van der Waals surface area contributed by atoms with E-state index in [1.807, 2.05) is 6.92 Å². The van der Waals surface area contributed by atoms with Crippen LogP contribution in [0.5, 0.6) is 0 Å². The van der Waals surface area contributed by atoms with Gasteiger partial charge in [-0.1, -0.05) is 59.3 Å². The molecule has 0 fully saturated rings. The molecule has 0 bridgehead atoms. The highest BCUT2D eigenvalue weighted by Gasteiger charge is 2.34. The predicted octanol–water partition coefficient (Wildman–Crippen LogP) is 4.69. The molecule has 0 aliphatic carbocycles. The van der Waals surface area contributed by atoms with Crippen LogP contribution in [0.3, 0.4) is 0 Å². The molecule has 2 nitrogen and oxygen atoms in total. The second kappa shape index (κ2) is 10.8. The molecular formula is C16H34O2. The van der Waals surface area contributed by atoms with Crippen LogP contribution in [0.25, 0.3) is 0 Å². The van der Waals surface area contributed by atoms with Gasteiger partial charge in [0.2, 0.25) is 0 Å². The van der Waals surface area contributed by atoms with Crippen molar-refractivity contribution in [1.29, 1.82) is 0 Å². The number of ether oxygens (including phenoxy) is 1. The summed E-state index contributed by atoms with van der Waals surface area (Å²) in [4.78, 5) is 0. The Labute approximate surface area is 114 Å². The smallest absolute Gasteiger partial charge is 0.0934 e. The van der Waals surface area contributed by atoms with E-state index < -0.39 is 0 Å². The molecule has 0 aromatic rings. The summed E-state index contributed by atoms with van der Waals surface area (Å²) in [5.41, 5.74) is -0.307. The van der Waals surface area contributed by atoms with E-state index in [9.17, 15) is 5.11 Å². The fourth-order valence-corrected chi connectivity index (χ4v) is 2.69. The van der Waals surface area contributed by atoms with Crippen molar-refractivity contribution in [3.63, 3.8) is 0 Å². The van der Waals surface area contributed by atoms with Gasteiger partial charge in [0.05, 0.1) is 11.7 Å². The highest BCUT2D eigenvalue weighted by atomic mass is 16.5. The van der Waals surface area contributed by atoms with Gasteiger partial charge in [0, 0.05) is 6.61 Å². The molecule has 0 aromatic carbocycles. The highest BCUT2D eigenvalue weighted by molar-refractivity contribution is 4.86. The Hall–Kier alpha value is -0.0800. The molecule has 0 saturated carbocycles. The summed E-state index contributed by atoms with van der Waals surface area (Å²) in [6.07, 6.45) is 10.0. The van der Waals surface area contributed by atoms with E-state index in [1.165, 1.54) is 32.1 Å². The third-order valence-electron chi connectivity index (χ3n) is 4.07. The molecule has 0 heterocycles. The molecule has 0 aromatic heterocycles. The van der Waals surface area contributed by atoms with Gasteiger partial charge in [0.1, 0.15) is 0 Å². The van der Waals surface area contributed by atoms with Crippen LogP contribution in [0.4, 0.5) is 0 Å². The number of rotatable bonds is 12. The molecule has 0 radical (unpaired) electrons. The van der Waals surface area contributed by atoms with Crippen LogP contribution >= 0.6 is 0 Å². The van der Waals surface area contributed by atoms with E-state index in [0.29, 0.717) is 6.61 Å². The summed E-state index contributed by atoms with van der Waals surface area (Å²) < 4.78 is 5.84. The lowest BCUT2D eigenvalue weighted by molar-refractivity contribution is -0.127. The van der Waals surface area contributed by atoms with Gasteiger partial charge in [-0.15, -0.1) is 0 Å². The lowest BCUT2D eigenvalue weighted by Crippen LogP contribution is -2.44. The van der Waals surface area contributed by atoms with Crippen molar-refractivity contribution in [2.24, 2.45) is 0 Å². The molecule has 1 atom stereocenters. The maximum Gasteiger partial charge on any atom is 0.0934 e. The van der Waals surface area contributed by atoms with Crippen LogP contribution in [0.1, 0.15) is 85.5 Å². The average molecular weight is 258 g/mol. The maximum atomic E-state index is 10.4.